The highest BCUT2D eigenvalue weighted by atomic mass is 28.4. The number of carbonyl (C=O) groups is 1. The number of hydrogen-bond donors (Lipinski definition) is 1. The molecule has 6 nitrogen and oxygen atoms in total. The van der Waals surface area contributed by atoms with E-state index in [9.17, 15) is 4.79 Å². The molecular formula is C23H32N4O2Si. The van der Waals surface area contributed by atoms with Gasteiger partial charge in [0.15, 0.2) is 8.32 Å². The van der Waals surface area contributed by atoms with E-state index in [4.69, 9.17) is 10.2 Å². The fraction of sp³-hybridized carbons (Fsp3) is 0.435. The molecule has 2 N–H and O–H groups in total. The molecule has 0 saturated heterocycles. The van der Waals surface area contributed by atoms with Gasteiger partial charge in [-0.05, 0) is 50.2 Å². The van der Waals surface area contributed by atoms with Crippen molar-refractivity contribution >= 4 is 30.7 Å². The second-order valence-corrected chi connectivity index (χ2v) is 14.8. The summed E-state index contributed by atoms with van der Waals surface area (Å²) in [5.74, 6) is -0.167. The molecule has 0 unspecified atom stereocenters. The van der Waals surface area contributed by atoms with Crippen LogP contribution in [-0.2, 0) is 9.96 Å². The van der Waals surface area contributed by atoms with Crippen LogP contribution < -0.4 is 5.73 Å². The zero-order chi connectivity index (χ0) is 22.3. The maximum atomic E-state index is 13.2. The van der Waals surface area contributed by atoms with Crippen LogP contribution in [0, 0.1) is 0 Å². The summed E-state index contributed by atoms with van der Waals surface area (Å²) in [4.78, 5) is 21.7. The summed E-state index contributed by atoms with van der Waals surface area (Å²) in [6.45, 7) is 16.0. The molecule has 7 heteroatoms. The normalized spacial score (nSPS) is 13.0. The van der Waals surface area contributed by atoms with Crippen molar-refractivity contribution in [2.24, 2.45) is 0 Å². The van der Waals surface area contributed by atoms with Gasteiger partial charge >= 0.3 is 0 Å². The number of pyridine rings is 2. The quantitative estimate of drug-likeness (QED) is 0.445. The van der Waals surface area contributed by atoms with Crippen LogP contribution in [0.3, 0.4) is 0 Å². The SMILES string of the molecule is CC(C)(CO[Si](C)(C)C(C)(C)C)n1cc(C(=O)c2cc(N)ccn2)c2cnccc21. The van der Waals surface area contributed by atoms with Crippen LogP contribution in [0.2, 0.25) is 18.1 Å². The predicted molar refractivity (Wildman–Crippen MR) is 124 cm³/mol. The average molecular weight is 425 g/mol. The number of rotatable bonds is 6. The van der Waals surface area contributed by atoms with Crippen LogP contribution >= 0.6 is 0 Å². The van der Waals surface area contributed by atoms with Crippen LogP contribution in [0.25, 0.3) is 10.9 Å². The van der Waals surface area contributed by atoms with Gasteiger partial charge in [-0.3, -0.25) is 14.8 Å². The number of ketones is 1. The van der Waals surface area contributed by atoms with Gasteiger partial charge in [-0.2, -0.15) is 0 Å². The summed E-state index contributed by atoms with van der Waals surface area (Å²) < 4.78 is 8.64. The van der Waals surface area contributed by atoms with E-state index in [-0.39, 0.29) is 16.4 Å². The molecule has 0 fully saturated rings. The van der Waals surface area contributed by atoms with E-state index in [1.54, 1.807) is 30.7 Å². The topological polar surface area (TPSA) is 83.0 Å². The number of carbonyl (C=O) groups excluding carboxylic acids is 1. The Morgan fingerprint density at radius 3 is 2.50 bits per heavy atom. The number of nitrogens with two attached hydrogens (primary N) is 1. The van der Waals surface area contributed by atoms with Gasteiger partial charge in [-0.25, -0.2) is 0 Å². The van der Waals surface area contributed by atoms with Crippen LogP contribution in [-0.4, -0.2) is 35.2 Å². The van der Waals surface area contributed by atoms with Crippen molar-refractivity contribution in [1.29, 1.82) is 0 Å². The third kappa shape index (κ3) is 4.18. The predicted octanol–water partition coefficient (Wildman–Crippen LogP) is 5.00. The summed E-state index contributed by atoms with van der Waals surface area (Å²) >= 11 is 0. The summed E-state index contributed by atoms with van der Waals surface area (Å²) in [5.41, 5.74) is 7.86. The van der Waals surface area contributed by atoms with Crippen molar-refractivity contribution in [3.05, 3.63) is 54.2 Å². The first kappa shape index (κ1) is 22.2. The lowest BCUT2D eigenvalue weighted by molar-refractivity contribution is 0.103. The zero-order valence-corrected chi connectivity index (χ0v) is 20.0. The van der Waals surface area contributed by atoms with E-state index in [2.05, 4.69) is 62.2 Å². The van der Waals surface area contributed by atoms with Crippen LogP contribution in [0.4, 0.5) is 5.69 Å². The number of anilines is 1. The van der Waals surface area contributed by atoms with E-state index >= 15 is 0 Å². The molecule has 3 aromatic heterocycles. The molecule has 0 spiro atoms. The average Bonchev–Trinajstić information content (AvgIpc) is 3.06. The number of hydrogen-bond acceptors (Lipinski definition) is 5. The van der Waals surface area contributed by atoms with Crippen molar-refractivity contribution in [3.8, 4) is 0 Å². The van der Waals surface area contributed by atoms with Crippen molar-refractivity contribution in [2.45, 2.75) is 58.3 Å². The summed E-state index contributed by atoms with van der Waals surface area (Å²) in [6.07, 6.45) is 6.93. The van der Waals surface area contributed by atoms with Gasteiger partial charge in [0, 0.05) is 35.9 Å². The maximum Gasteiger partial charge on any atom is 0.213 e. The van der Waals surface area contributed by atoms with Gasteiger partial charge in [0.25, 0.3) is 0 Å². The third-order valence-corrected chi connectivity index (χ3v) is 10.6. The molecule has 0 saturated carbocycles. The van der Waals surface area contributed by atoms with Gasteiger partial charge in [-0.15, -0.1) is 0 Å². The first-order valence-electron chi connectivity index (χ1n) is 10.2. The van der Waals surface area contributed by atoms with Crippen molar-refractivity contribution in [2.75, 3.05) is 12.3 Å². The Labute approximate surface area is 179 Å². The molecule has 0 aliphatic heterocycles. The number of fused-ring (bicyclic) bond motifs is 1. The van der Waals surface area contributed by atoms with E-state index < -0.39 is 8.32 Å². The summed E-state index contributed by atoms with van der Waals surface area (Å²) in [6, 6.07) is 5.21. The lowest BCUT2D eigenvalue weighted by Crippen LogP contribution is -2.45. The first-order chi connectivity index (χ1) is 13.8. The Hall–Kier alpha value is -2.51. The van der Waals surface area contributed by atoms with Gasteiger partial charge in [0.05, 0.1) is 23.2 Å². The monoisotopic (exact) mass is 424 g/mol. The molecule has 3 rings (SSSR count). The minimum atomic E-state index is -1.91. The Morgan fingerprint density at radius 2 is 1.87 bits per heavy atom. The third-order valence-electron chi connectivity index (χ3n) is 6.11. The minimum absolute atomic E-state index is 0.131. The molecule has 0 radical (unpaired) electrons. The van der Waals surface area contributed by atoms with Crippen molar-refractivity contribution in [3.63, 3.8) is 0 Å². The van der Waals surface area contributed by atoms with Gasteiger partial charge in [0.2, 0.25) is 5.78 Å². The highest BCUT2D eigenvalue weighted by Gasteiger charge is 2.39. The second kappa shape index (κ2) is 7.63. The molecule has 0 aromatic carbocycles. The van der Waals surface area contributed by atoms with Crippen molar-refractivity contribution in [1.82, 2.24) is 14.5 Å². The Kier molecular flexibility index (Phi) is 5.64. The molecule has 0 amide bonds. The number of nitrogens with zero attached hydrogens (tertiary/aromatic N) is 3. The van der Waals surface area contributed by atoms with Gasteiger partial charge in [-0.1, -0.05) is 20.8 Å². The molecule has 3 aromatic rings. The molecule has 30 heavy (non-hydrogen) atoms. The minimum Gasteiger partial charge on any atom is -0.414 e. The Morgan fingerprint density at radius 1 is 1.17 bits per heavy atom. The highest BCUT2D eigenvalue weighted by molar-refractivity contribution is 6.74. The fourth-order valence-corrected chi connectivity index (χ4v) is 4.25. The largest absolute Gasteiger partial charge is 0.414 e. The molecule has 0 aliphatic rings. The molecule has 0 bridgehead atoms. The molecule has 0 aliphatic carbocycles. The van der Waals surface area contributed by atoms with Crippen LogP contribution in [0.15, 0.2) is 43.0 Å². The van der Waals surface area contributed by atoms with E-state index in [1.165, 1.54) is 0 Å². The molecular weight excluding hydrogens is 392 g/mol. The molecule has 3 heterocycles. The van der Waals surface area contributed by atoms with E-state index in [0.29, 0.717) is 23.6 Å². The summed E-state index contributed by atoms with van der Waals surface area (Å²) in [5, 5.41) is 0.929. The lowest BCUT2D eigenvalue weighted by Gasteiger charge is -2.39. The number of aromatic nitrogens is 3. The van der Waals surface area contributed by atoms with Gasteiger partial charge in [0.1, 0.15) is 5.69 Å². The van der Waals surface area contributed by atoms with Crippen molar-refractivity contribution < 1.29 is 9.22 Å². The zero-order valence-electron chi connectivity index (χ0n) is 19.0. The van der Waals surface area contributed by atoms with Crippen LogP contribution in [0.5, 0.6) is 0 Å². The second-order valence-electron chi connectivity index (χ2n) is 9.97. The van der Waals surface area contributed by atoms with Crippen LogP contribution in [0.1, 0.15) is 50.7 Å². The molecule has 0 atom stereocenters. The van der Waals surface area contributed by atoms with Gasteiger partial charge < -0.3 is 14.7 Å². The Bertz CT molecular complexity index is 1080. The van der Waals surface area contributed by atoms with E-state index in [1.807, 2.05) is 12.3 Å². The lowest BCUT2D eigenvalue weighted by atomic mass is 10.1. The highest BCUT2D eigenvalue weighted by Crippen LogP contribution is 2.38. The Balaban J connectivity index is 2.02. The maximum absolute atomic E-state index is 13.2. The first-order valence-corrected chi connectivity index (χ1v) is 13.1. The molecule has 160 valence electrons. The van der Waals surface area contributed by atoms with E-state index in [0.717, 1.165) is 10.9 Å². The number of nitrogen functional groups attached to an aromatic ring is 1. The smallest absolute Gasteiger partial charge is 0.213 e. The fourth-order valence-electron chi connectivity index (χ4n) is 3.11. The summed E-state index contributed by atoms with van der Waals surface area (Å²) in [7, 11) is -1.91. The standard InChI is InChI=1S/C23H32N4O2Si/c1-22(2,3)30(6,7)29-15-23(4,5)27-14-18(17-13-25-10-9-20(17)27)21(28)19-12-16(24)8-11-26-19/h8-14H,15H2,1-7H3,(H2,24,26).